The predicted octanol–water partition coefficient (Wildman–Crippen LogP) is 5.44. The smallest absolute Gasteiger partial charge is 0.338 e. The summed E-state index contributed by atoms with van der Waals surface area (Å²) in [5.41, 5.74) is 2.15. The van der Waals surface area contributed by atoms with Gasteiger partial charge in [0, 0.05) is 28.2 Å². The maximum atomic E-state index is 14.0. The molecule has 11 nitrogen and oxygen atoms in total. The van der Waals surface area contributed by atoms with E-state index >= 15 is 0 Å². The molecular formula is C31H28BrN3O8S. The molecule has 228 valence electrons. The lowest BCUT2D eigenvalue weighted by Crippen LogP contribution is -2.40. The van der Waals surface area contributed by atoms with Gasteiger partial charge in [-0.25, -0.2) is 9.79 Å². The van der Waals surface area contributed by atoms with Crippen molar-refractivity contribution in [2.45, 2.75) is 33.7 Å². The Morgan fingerprint density at radius 1 is 1.16 bits per heavy atom. The third-order valence-electron chi connectivity index (χ3n) is 6.99. The van der Waals surface area contributed by atoms with Crippen LogP contribution in [-0.4, -0.2) is 35.8 Å². The summed E-state index contributed by atoms with van der Waals surface area (Å²) in [4.78, 5) is 43.2. The first-order valence-corrected chi connectivity index (χ1v) is 15.2. The molecule has 44 heavy (non-hydrogen) atoms. The number of hydrogen-bond donors (Lipinski definition) is 0. The van der Waals surface area contributed by atoms with E-state index in [4.69, 9.17) is 18.6 Å². The van der Waals surface area contributed by atoms with Gasteiger partial charge < -0.3 is 18.6 Å². The largest absolute Gasteiger partial charge is 0.493 e. The Labute approximate surface area is 264 Å². The van der Waals surface area contributed by atoms with Gasteiger partial charge in [0.25, 0.3) is 11.2 Å². The number of fused-ring (bicyclic) bond motifs is 1. The van der Waals surface area contributed by atoms with E-state index in [1.807, 2.05) is 13.8 Å². The van der Waals surface area contributed by atoms with Crippen molar-refractivity contribution in [3.05, 3.63) is 105 Å². The van der Waals surface area contributed by atoms with E-state index in [0.717, 1.165) is 16.9 Å². The number of carbonyl (C=O) groups excluding carboxylic acids is 1. The van der Waals surface area contributed by atoms with Gasteiger partial charge in [0.05, 0.1) is 47.1 Å². The molecule has 0 unspecified atom stereocenters. The summed E-state index contributed by atoms with van der Waals surface area (Å²) in [6, 6.07) is 10.5. The highest BCUT2D eigenvalue weighted by molar-refractivity contribution is 9.10. The highest BCUT2D eigenvalue weighted by Gasteiger charge is 2.35. The van der Waals surface area contributed by atoms with Gasteiger partial charge in [-0.3, -0.25) is 19.5 Å². The number of ether oxygens (including phenoxy) is 3. The van der Waals surface area contributed by atoms with Crippen LogP contribution in [0.5, 0.6) is 11.5 Å². The number of allylic oxidation sites excluding steroid dienone is 1. The van der Waals surface area contributed by atoms with Gasteiger partial charge in [0.15, 0.2) is 16.3 Å². The quantitative estimate of drug-likeness (QED) is 0.129. The van der Waals surface area contributed by atoms with Crippen LogP contribution in [0.2, 0.25) is 0 Å². The number of esters is 1. The van der Waals surface area contributed by atoms with Crippen LogP contribution in [0.1, 0.15) is 43.7 Å². The first kappa shape index (κ1) is 31.0. The van der Waals surface area contributed by atoms with E-state index < -0.39 is 22.5 Å². The topological polar surface area (TPSA) is 135 Å². The number of rotatable bonds is 9. The molecule has 1 aliphatic rings. The number of hydrogen-bond acceptors (Lipinski definition) is 10. The lowest BCUT2D eigenvalue weighted by Gasteiger charge is -2.26. The molecule has 0 N–H and O–H groups in total. The second kappa shape index (κ2) is 12.6. The number of aromatic nitrogens is 1. The van der Waals surface area contributed by atoms with Gasteiger partial charge in [-0.1, -0.05) is 33.3 Å². The molecule has 2 aromatic carbocycles. The number of methoxy groups -OCH3 is 1. The fourth-order valence-electron chi connectivity index (χ4n) is 4.97. The monoisotopic (exact) mass is 681 g/mol. The summed E-state index contributed by atoms with van der Waals surface area (Å²) < 4.78 is 25.1. The fourth-order valence-corrected chi connectivity index (χ4v) is 6.53. The van der Waals surface area contributed by atoms with Gasteiger partial charge in [0.1, 0.15) is 11.5 Å². The van der Waals surface area contributed by atoms with Gasteiger partial charge in [-0.15, -0.1) is 0 Å². The highest BCUT2D eigenvalue weighted by atomic mass is 79.9. The number of benzene rings is 2. The first-order chi connectivity index (χ1) is 21.1. The molecule has 0 radical (unpaired) electrons. The van der Waals surface area contributed by atoms with E-state index in [0.29, 0.717) is 60.3 Å². The molecule has 13 heteroatoms. The standard InChI is InChI=1S/C31H28BrN3O8S/c1-6-41-25-15-22(32)21(14-24(25)40-5)28-27(30(37)42-7-2)17(4)33-31-34(28)29(36)26(44-31)13-19-10-11-23(43-19)20-12-18(35(38)39)9-8-16(20)3/h8-15,28H,6-7H2,1-5H3/b26-13+/t28-/m0/s1. The van der Waals surface area contributed by atoms with E-state index in [1.165, 1.54) is 23.8 Å². The van der Waals surface area contributed by atoms with Crippen LogP contribution >= 0.6 is 27.3 Å². The van der Waals surface area contributed by atoms with Gasteiger partial charge in [0.2, 0.25) is 0 Å². The minimum absolute atomic E-state index is 0.0540. The zero-order valence-corrected chi connectivity index (χ0v) is 26.9. The molecule has 1 atom stereocenters. The van der Waals surface area contributed by atoms with Crippen molar-refractivity contribution in [1.82, 2.24) is 4.57 Å². The van der Waals surface area contributed by atoms with E-state index in [9.17, 15) is 19.7 Å². The molecule has 2 aromatic heterocycles. The number of nitro benzene ring substituents is 1. The molecule has 0 spiro atoms. The SMILES string of the molecule is CCOC(=O)C1=C(C)N=c2s/c(=C/c3ccc(-c4cc([N+](=O)[O-])ccc4C)o3)c(=O)n2[C@H]1c1cc(OC)c(OCC)cc1Br. The Morgan fingerprint density at radius 2 is 1.93 bits per heavy atom. The average Bonchev–Trinajstić information content (AvgIpc) is 3.57. The zero-order valence-electron chi connectivity index (χ0n) is 24.5. The lowest BCUT2D eigenvalue weighted by atomic mass is 9.95. The first-order valence-electron chi connectivity index (χ1n) is 13.6. The molecule has 0 amide bonds. The molecule has 0 saturated heterocycles. The Morgan fingerprint density at radius 3 is 2.61 bits per heavy atom. The lowest BCUT2D eigenvalue weighted by molar-refractivity contribution is -0.384. The van der Waals surface area contributed by atoms with Crippen molar-refractivity contribution in [2.24, 2.45) is 4.99 Å². The minimum Gasteiger partial charge on any atom is -0.493 e. The second-order valence-corrected chi connectivity index (χ2v) is 11.6. The van der Waals surface area contributed by atoms with Crippen molar-refractivity contribution < 1.29 is 28.3 Å². The van der Waals surface area contributed by atoms with Crippen molar-refractivity contribution >= 4 is 45.0 Å². The maximum Gasteiger partial charge on any atom is 0.338 e. The summed E-state index contributed by atoms with van der Waals surface area (Å²) in [7, 11) is 1.51. The molecule has 1 aliphatic heterocycles. The Hall–Kier alpha value is -4.49. The van der Waals surface area contributed by atoms with Crippen LogP contribution in [0.25, 0.3) is 17.4 Å². The van der Waals surface area contributed by atoms with Gasteiger partial charge in [-0.2, -0.15) is 0 Å². The fraction of sp³-hybridized carbons (Fsp3) is 0.258. The number of carbonyl (C=O) groups is 1. The van der Waals surface area contributed by atoms with Gasteiger partial charge >= 0.3 is 5.97 Å². The summed E-state index contributed by atoms with van der Waals surface area (Å²) >= 11 is 4.76. The van der Waals surface area contributed by atoms with E-state index in [-0.39, 0.29) is 17.9 Å². The number of furan rings is 1. The maximum absolute atomic E-state index is 14.0. The molecule has 0 saturated carbocycles. The Kier molecular flexibility index (Phi) is 8.88. The summed E-state index contributed by atoms with van der Waals surface area (Å²) in [6.07, 6.45) is 1.59. The summed E-state index contributed by atoms with van der Waals surface area (Å²) in [5, 5.41) is 11.3. The number of nitro groups is 1. The van der Waals surface area contributed by atoms with E-state index in [1.54, 1.807) is 50.3 Å². The summed E-state index contributed by atoms with van der Waals surface area (Å²) in [5.74, 6) is 1.15. The molecular weight excluding hydrogens is 654 g/mol. The Bertz CT molecular complexity index is 2010. The molecule has 0 aliphatic carbocycles. The van der Waals surface area contributed by atoms with Crippen molar-refractivity contribution in [3.63, 3.8) is 0 Å². The normalized spacial score (nSPS) is 14.7. The van der Waals surface area contributed by atoms with Crippen LogP contribution in [-0.2, 0) is 9.53 Å². The molecule has 0 bridgehead atoms. The molecule has 3 heterocycles. The van der Waals surface area contributed by atoms with Gasteiger partial charge in [-0.05, 0) is 63.1 Å². The minimum atomic E-state index is -0.883. The van der Waals surface area contributed by atoms with Crippen molar-refractivity contribution in [3.8, 4) is 22.8 Å². The summed E-state index contributed by atoms with van der Waals surface area (Å²) in [6.45, 7) is 7.66. The highest BCUT2D eigenvalue weighted by Crippen LogP contribution is 2.41. The number of halogens is 1. The van der Waals surface area contributed by atoms with Crippen LogP contribution in [0.3, 0.4) is 0 Å². The number of non-ortho nitro benzene ring substituents is 1. The third kappa shape index (κ3) is 5.72. The van der Waals surface area contributed by atoms with Crippen molar-refractivity contribution in [1.29, 1.82) is 0 Å². The van der Waals surface area contributed by atoms with E-state index in [2.05, 4.69) is 20.9 Å². The van der Waals surface area contributed by atoms with Crippen LogP contribution in [0.4, 0.5) is 5.69 Å². The number of aryl methyl sites for hydroxylation is 1. The zero-order chi connectivity index (χ0) is 31.7. The predicted molar refractivity (Wildman–Crippen MR) is 168 cm³/mol. The second-order valence-electron chi connectivity index (χ2n) is 9.72. The Balaban J connectivity index is 1.67. The molecule has 5 rings (SSSR count). The number of thiazole rings is 1. The third-order valence-corrected chi connectivity index (χ3v) is 8.66. The van der Waals surface area contributed by atoms with Crippen LogP contribution in [0, 0.1) is 17.0 Å². The van der Waals surface area contributed by atoms with Crippen molar-refractivity contribution in [2.75, 3.05) is 20.3 Å². The average molecular weight is 683 g/mol. The van der Waals surface area contributed by atoms with Crippen LogP contribution in [0.15, 0.2) is 72.4 Å². The van der Waals surface area contributed by atoms with Crippen LogP contribution < -0.4 is 24.4 Å². The number of nitrogens with zero attached hydrogens (tertiary/aromatic N) is 3. The molecule has 4 aromatic rings. The molecule has 0 fully saturated rings.